The molecule has 0 saturated heterocycles. The van der Waals surface area contributed by atoms with Crippen LogP contribution in [0.25, 0.3) is 43.8 Å². The minimum atomic E-state index is -0.559. The second kappa shape index (κ2) is 12.7. The summed E-state index contributed by atoms with van der Waals surface area (Å²) in [7, 11) is 0. The Morgan fingerprint density at radius 3 is 1.64 bits per heavy atom. The number of anilines is 3. The predicted molar refractivity (Wildman–Crippen MR) is 224 cm³/mol. The van der Waals surface area contributed by atoms with Crippen LogP contribution in [0.2, 0.25) is 5.02 Å². The number of halogens is 1. The van der Waals surface area contributed by atoms with E-state index < -0.39 is 5.41 Å². The van der Waals surface area contributed by atoms with Gasteiger partial charge in [0.15, 0.2) is 0 Å². The SMILES string of the molecule is Clc1ccc2c(c1)C(c1ccccc1)(c1ccccc1)c1cc(-c3ccc(N(c4ccccc4)c4ccc5ccccc5c4)cc3)c3ccccc3c1-2. The van der Waals surface area contributed by atoms with Gasteiger partial charge in [0.25, 0.3) is 0 Å². The number of hydrogen-bond acceptors (Lipinski definition) is 1. The van der Waals surface area contributed by atoms with Crippen molar-refractivity contribution in [2.24, 2.45) is 0 Å². The first-order valence-electron chi connectivity index (χ1n) is 18.1. The molecule has 10 rings (SSSR count). The molecule has 0 fully saturated rings. The lowest BCUT2D eigenvalue weighted by Crippen LogP contribution is -2.28. The summed E-state index contributed by atoms with van der Waals surface area (Å²) in [5, 5.41) is 5.65. The molecule has 250 valence electrons. The first kappa shape index (κ1) is 31.3. The smallest absolute Gasteiger partial charge is 0.0714 e. The Balaban J connectivity index is 1.20. The van der Waals surface area contributed by atoms with Gasteiger partial charge in [0.05, 0.1) is 5.41 Å². The molecule has 53 heavy (non-hydrogen) atoms. The molecule has 0 aliphatic heterocycles. The summed E-state index contributed by atoms with van der Waals surface area (Å²) < 4.78 is 0. The Hall–Kier alpha value is -6.41. The summed E-state index contributed by atoms with van der Waals surface area (Å²) in [5.74, 6) is 0. The third kappa shape index (κ3) is 5.00. The maximum Gasteiger partial charge on any atom is 0.0714 e. The molecule has 0 atom stereocenters. The molecule has 1 nitrogen and oxygen atoms in total. The van der Waals surface area contributed by atoms with E-state index in [2.05, 4.69) is 205 Å². The number of para-hydroxylation sites is 1. The van der Waals surface area contributed by atoms with Gasteiger partial charge in [-0.3, -0.25) is 0 Å². The van der Waals surface area contributed by atoms with Gasteiger partial charge in [-0.2, -0.15) is 0 Å². The number of rotatable bonds is 6. The van der Waals surface area contributed by atoms with Crippen molar-refractivity contribution >= 4 is 50.2 Å². The zero-order valence-corrected chi connectivity index (χ0v) is 29.7. The lowest BCUT2D eigenvalue weighted by Gasteiger charge is -2.34. The van der Waals surface area contributed by atoms with Gasteiger partial charge in [-0.25, -0.2) is 0 Å². The van der Waals surface area contributed by atoms with Gasteiger partial charge in [0, 0.05) is 22.1 Å². The first-order valence-corrected chi connectivity index (χ1v) is 18.5. The van der Waals surface area contributed by atoms with Crippen LogP contribution >= 0.6 is 11.6 Å². The zero-order valence-electron chi connectivity index (χ0n) is 29.0. The molecule has 2 heteroatoms. The van der Waals surface area contributed by atoms with Gasteiger partial charge in [-0.15, -0.1) is 0 Å². The van der Waals surface area contributed by atoms with Crippen molar-refractivity contribution in [3.05, 3.63) is 234 Å². The van der Waals surface area contributed by atoms with Crippen molar-refractivity contribution in [1.82, 2.24) is 0 Å². The predicted octanol–water partition coefficient (Wildman–Crippen LogP) is 14.1. The number of benzene rings is 9. The maximum absolute atomic E-state index is 6.87. The van der Waals surface area contributed by atoms with E-state index >= 15 is 0 Å². The fourth-order valence-corrected chi connectivity index (χ4v) is 8.86. The van der Waals surface area contributed by atoms with E-state index in [9.17, 15) is 0 Å². The summed E-state index contributed by atoms with van der Waals surface area (Å²) in [5.41, 5.74) is 12.6. The number of nitrogens with zero attached hydrogens (tertiary/aromatic N) is 1. The zero-order chi connectivity index (χ0) is 35.4. The first-order chi connectivity index (χ1) is 26.2. The standard InChI is InChI=1S/C51H34ClN/c52-40-27-31-46-48(33-40)51(38-16-4-1-5-17-38,39-18-6-2-7-19-39)49-34-47(44-22-12-13-23-45(44)50(46)49)36-25-28-42(29-26-36)53(41-20-8-3-9-21-41)43-30-24-35-14-10-11-15-37(35)32-43/h1-34H. The molecule has 0 bridgehead atoms. The Morgan fingerprint density at radius 2 is 0.943 bits per heavy atom. The molecular weight excluding hydrogens is 662 g/mol. The maximum atomic E-state index is 6.87. The fraction of sp³-hybridized carbons (Fsp3) is 0.0196. The van der Waals surface area contributed by atoms with Crippen LogP contribution in [0.15, 0.2) is 206 Å². The van der Waals surface area contributed by atoms with Crippen molar-refractivity contribution in [2.45, 2.75) is 5.41 Å². The number of hydrogen-bond donors (Lipinski definition) is 0. The molecule has 0 radical (unpaired) electrons. The van der Waals surface area contributed by atoms with E-state index in [0.29, 0.717) is 0 Å². The van der Waals surface area contributed by atoms with E-state index in [1.807, 2.05) is 6.07 Å². The van der Waals surface area contributed by atoms with Gasteiger partial charge in [-0.1, -0.05) is 163 Å². The van der Waals surface area contributed by atoms with Gasteiger partial charge < -0.3 is 4.90 Å². The summed E-state index contributed by atoms with van der Waals surface area (Å²) in [6.07, 6.45) is 0. The van der Waals surface area contributed by atoms with Crippen LogP contribution in [0.4, 0.5) is 17.1 Å². The third-order valence-corrected chi connectivity index (χ3v) is 11.2. The fourth-order valence-electron chi connectivity index (χ4n) is 8.69. The molecule has 0 spiro atoms. The second-order valence-electron chi connectivity index (χ2n) is 13.8. The topological polar surface area (TPSA) is 3.24 Å². The highest BCUT2D eigenvalue weighted by molar-refractivity contribution is 6.31. The van der Waals surface area contributed by atoms with Gasteiger partial charge in [-0.05, 0) is 121 Å². The molecule has 9 aromatic rings. The van der Waals surface area contributed by atoms with E-state index in [-0.39, 0.29) is 0 Å². The molecule has 0 N–H and O–H groups in total. The van der Waals surface area contributed by atoms with Crippen molar-refractivity contribution < 1.29 is 0 Å². The summed E-state index contributed by atoms with van der Waals surface area (Å²) >= 11 is 6.87. The molecule has 9 aromatic carbocycles. The van der Waals surface area contributed by atoms with Crippen molar-refractivity contribution in [3.63, 3.8) is 0 Å². The van der Waals surface area contributed by atoms with Crippen LogP contribution in [0, 0.1) is 0 Å². The molecule has 0 amide bonds. The molecular formula is C51H34ClN. The van der Waals surface area contributed by atoms with Gasteiger partial charge in [0.1, 0.15) is 0 Å². The highest BCUT2D eigenvalue weighted by Gasteiger charge is 2.47. The van der Waals surface area contributed by atoms with Crippen LogP contribution in [0.3, 0.4) is 0 Å². The van der Waals surface area contributed by atoms with E-state index in [1.165, 1.54) is 66.1 Å². The van der Waals surface area contributed by atoms with E-state index in [1.54, 1.807) is 0 Å². The minimum absolute atomic E-state index is 0.559. The third-order valence-electron chi connectivity index (χ3n) is 11.0. The van der Waals surface area contributed by atoms with Crippen molar-refractivity contribution in [3.8, 4) is 22.3 Å². The average Bonchev–Trinajstić information content (AvgIpc) is 3.52. The molecule has 1 aliphatic carbocycles. The van der Waals surface area contributed by atoms with Gasteiger partial charge >= 0.3 is 0 Å². The Labute approximate surface area is 315 Å². The quantitative estimate of drug-likeness (QED) is 0.167. The normalized spacial score (nSPS) is 12.8. The molecule has 0 saturated carbocycles. The monoisotopic (exact) mass is 695 g/mol. The lowest BCUT2D eigenvalue weighted by atomic mass is 9.67. The molecule has 0 aromatic heterocycles. The Morgan fingerprint density at radius 1 is 0.377 bits per heavy atom. The highest BCUT2D eigenvalue weighted by Crippen LogP contribution is 2.59. The second-order valence-corrected chi connectivity index (χ2v) is 14.2. The Kier molecular flexibility index (Phi) is 7.49. The number of fused-ring (bicyclic) bond motifs is 6. The molecule has 0 unspecified atom stereocenters. The van der Waals surface area contributed by atoms with Crippen molar-refractivity contribution in [1.29, 1.82) is 0 Å². The van der Waals surface area contributed by atoms with Gasteiger partial charge in [0.2, 0.25) is 0 Å². The van der Waals surface area contributed by atoms with Crippen LogP contribution in [-0.2, 0) is 5.41 Å². The van der Waals surface area contributed by atoms with Crippen LogP contribution in [-0.4, -0.2) is 0 Å². The van der Waals surface area contributed by atoms with E-state index in [4.69, 9.17) is 11.6 Å². The van der Waals surface area contributed by atoms with E-state index in [0.717, 1.165) is 22.1 Å². The minimum Gasteiger partial charge on any atom is -0.310 e. The van der Waals surface area contributed by atoms with Crippen LogP contribution in [0.1, 0.15) is 22.3 Å². The molecule has 1 aliphatic rings. The largest absolute Gasteiger partial charge is 0.310 e. The lowest BCUT2D eigenvalue weighted by molar-refractivity contribution is 0.769. The average molecular weight is 696 g/mol. The summed E-state index contributed by atoms with van der Waals surface area (Å²) in [6.45, 7) is 0. The Bertz CT molecular complexity index is 2730. The van der Waals surface area contributed by atoms with Crippen LogP contribution < -0.4 is 4.90 Å². The highest BCUT2D eigenvalue weighted by atomic mass is 35.5. The van der Waals surface area contributed by atoms with Crippen molar-refractivity contribution in [2.75, 3.05) is 4.90 Å². The summed E-state index contributed by atoms with van der Waals surface area (Å²) in [4.78, 5) is 2.34. The molecule has 0 heterocycles. The van der Waals surface area contributed by atoms with Crippen LogP contribution in [0.5, 0.6) is 0 Å². The summed E-state index contributed by atoms with van der Waals surface area (Å²) in [6, 6.07) is 74.6.